The van der Waals surface area contributed by atoms with Crippen molar-refractivity contribution >= 4 is 11.8 Å². The van der Waals surface area contributed by atoms with Crippen LogP contribution < -0.4 is 10.6 Å². The smallest absolute Gasteiger partial charge is 0.269 e. The van der Waals surface area contributed by atoms with E-state index in [9.17, 15) is 9.59 Å². The third-order valence-corrected chi connectivity index (χ3v) is 3.31. The Bertz CT molecular complexity index is 503. The van der Waals surface area contributed by atoms with Crippen molar-refractivity contribution in [2.45, 2.75) is 32.7 Å². The van der Waals surface area contributed by atoms with Crippen molar-refractivity contribution in [3.8, 4) is 0 Å². The van der Waals surface area contributed by atoms with E-state index in [1.807, 2.05) is 27.9 Å². The summed E-state index contributed by atoms with van der Waals surface area (Å²) in [4.78, 5) is 30.2. The molecule has 1 atom stereocenters. The quantitative estimate of drug-likeness (QED) is 0.710. The highest BCUT2D eigenvalue weighted by Gasteiger charge is 2.12. The highest BCUT2D eigenvalue weighted by atomic mass is 16.2. The van der Waals surface area contributed by atoms with Gasteiger partial charge in [-0.2, -0.15) is 0 Å². The summed E-state index contributed by atoms with van der Waals surface area (Å²) >= 11 is 0. The first kappa shape index (κ1) is 18.1. The number of pyridine rings is 1. The van der Waals surface area contributed by atoms with Crippen LogP contribution in [0.2, 0.25) is 0 Å². The maximum Gasteiger partial charge on any atom is 0.269 e. The average Bonchev–Trinajstić information content (AvgIpc) is 2.51. The second-order valence-corrected chi connectivity index (χ2v) is 5.63. The van der Waals surface area contributed by atoms with Gasteiger partial charge in [-0.15, -0.1) is 0 Å². The molecule has 1 heterocycles. The molecule has 2 N–H and O–H groups in total. The van der Waals surface area contributed by atoms with Crippen LogP contribution in [0.3, 0.4) is 0 Å². The molecule has 0 saturated heterocycles. The number of carbonyl (C=O) groups excluding carboxylic acids is 2. The summed E-state index contributed by atoms with van der Waals surface area (Å²) in [6, 6.07) is 3.24. The van der Waals surface area contributed by atoms with E-state index in [1.54, 1.807) is 6.07 Å². The van der Waals surface area contributed by atoms with E-state index in [2.05, 4.69) is 20.5 Å². The molecule has 0 bridgehead atoms. The Kier molecular flexibility index (Phi) is 7.52. The standard InChI is InChI=1S/C16H26N4O2/c1-5-12(2)19-15(21)13-7-9-17-14(11-13)16(22)18-8-6-10-20(3)4/h7,9,11-12H,5-6,8,10H2,1-4H3,(H,18,22)(H,19,21). The molecule has 1 aromatic heterocycles. The van der Waals surface area contributed by atoms with E-state index in [0.717, 1.165) is 19.4 Å². The van der Waals surface area contributed by atoms with Gasteiger partial charge in [-0.25, -0.2) is 0 Å². The van der Waals surface area contributed by atoms with Crippen molar-refractivity contribution in [1.29, 1.82) is 0 Å². The van der Waals surface area contributed by atoms with Gasteiger partial charge in [0.15, 0.2) is 0 Å². The van der Waals surface area contributed by atoms with Crippen LogP contribution in [-0.2, 0) is 0 Å². The van der Waals surface area contributed by atoms with E-state index in [1.165, 1.54) is 12.3 Å². The van der Waals surface area contributed by atoms with Gasteiger partial charge in [-0.1, -0.05) is 6.92 Å². The second kappa shape index (κ2) is 9.15. The first-order valence-electron chi connectivity index (χ1n) is 7.64. The maximum absolute atomic E-state index is 12.0. The summed E-state index contributed by atoms with van der Waals surface area (Å²) in [7, 11) is 3.98. The molecule has 0 aliphatic carbocycles. The molecule has 1 rings (SSSR count). The summed E-state index contributed by atoms with van der Waals surface area (Å²) in [5.74, 6) is -0.435. The predicted molar refractivity (Wildman–Crippen MR) is 87.0 cm³/mol. The lowest BCUT2D eigenvalue weighted by Crippen LogP contribution is -2.32. The highest BCUT2D eigenvalue weighted by Crippen LogP contribution is 2.03. The lowest BCUT2D eigenvalue weighted by Gasteiger charge is -2.12. The second-order valence-electron chi connectivity index (χ2n) is 5.63. The summed E-state index contributed by atoms with van der Waals surface area (Å²) < 4.78 is 0. The van der Waals surface area contributed by atoms with Crippen LogP contribution in [0, 0.1) is 0 Å². The maximum atomic E-state index is 12.0. The molecule has 1 unspecified atom stereocenters. The molecular weight excluding hydrogens is 280 g/mol. The Balaban J connectivity index is 2.59. The van der Waals surface area contributed by atoms with Crippen LogP contribution in [-0.4, -0.2) is 54.9 Å². The molecule has 2 amide bonds. The monoisotopic (exact) mass is 306 g/mol. The van der Waals surface area contributed by atoms with Gasteiger partial charge < -0.3 is 15.5 Å². The van der Waals surface area contributed by atoms with E-state index < -0.39 is 0 Å². The zero-order valence-corrected chi connectivity index (χ0v) is 13.8. The zero-order valence-electron chi connectivity index (χ0n) is 13.8. The van der Waals surface area contributed by atoms with Crippen LogP contribution in [0.25, 0.3) is 0 Å². The molecule has 0 fully saturated rings. The Labute approximate surface area is 132 Å². The fourth-order valence-electron chi connectivity index (χ4n) is 1.79. The number of nitrogens with zero attached hydrogens (tertiary/aromatic N) is 2. The summed E-state index contributed by atoms with van der Waals surface area (Å²) in [6.45, 7) is 5.44. The fraction of sp³-hybridized carbons (Fsp3) is 0.562. The van der Waals surface area contributed by atoms with Gasteiger partial charge in [0.25, 0.3) is 11.8 Å². The predicted octanol–water partition coefficient (Wildman–Crippen LogP) is 1.29. The van der Waals surface area contributed by atoms with E-state index in [0.29, 0.717) is 12.1 Å². The number of hydrogen-bond acceptors (Lipinski definition) is 4. The van der Waals surface area contributed by atoms with Crippen LogP contribution in [0.4, 0.5) is 0 Å². The first-order chi connectivity index (χ1) is 10.4. The largest absolute Gasteiger partial charge is 0.351 e. The van der Waals surface area contributed by atoms with Crippen molar-refractivity contribution in [3.63, 3.8) is 0 Å². The number of aromatic nitrogens is 1. The molecule has 0 aromatic carbocycles. The third kappa shape index (κ3) is 6.22. The van der Waals surface area contributed by atoms with Gasteiger partial charge in [0, 0.05) is 24.3 Å². The molecule has 6 nitrogen and oxygen atoms in total. The van der Waals surface area contributed by atoms with E-state index in [4.69, 9.17) is 0 Å². The Morgan fingerprint density at radius 1 is 1.32 bits per heavy atom. The summed E-state index contributed by atoms with van der Waals surface area (Å²) in [5, 5.41) is 5.69. The van der Waals surface area contributed by atoms with Crippen LogP contribution in [0.15, 0.2) is 18.3 Å². The van der Waals surface area contributed by atoms with Crippen molar-refractivity contribution in [1.82, 2.24) is 20.5 Å². The minimum absolute atomic E-state index is 0.101. The van der Waals surface area contributed by atoms with Crippen LogP contribution >= 0.6 is 0 Å². The number of amides is 2. The van der Waals surface area contributed by atoms with Gasteiger partial charge in [-0.05, 0) is 52.5 Å². The lowest BCUT2D eigenvalue weighted by atomic mass is 10.2. The number of rotatable bonds is 8. The molecule has 1 aromatic rings. The van der Waals surface area contributed by atoms with Crippen molar-refractivity contribution < 1.29 is 9.59 Å². The molecule has 6 heteroatoms. The summed E-state index contributed by atoms with van der Waals surface area (Å²) in [6.07, 6.45) is 3.21. The SMILES string of the molecule is CCC(C)NC(=O)c1ccnc(C(=O)NCCCN(C)C)c1. The Morgan fingerprint density at radius 3 is 2.68 bits per heavy atom. The van der Waals surface area contributed by atoms with E-state index >= 15 is 0 Å². The minimum Gasteiger partial charge on any atom is -0.351 e. The molecule has 22 heavy (non-hydrogen) atoms. The van der Waals surface area contributed by atoms with E-state index in [-0.39, 0.29) is 23.6 Å². The van der Waals surface area contributed by atoms with Gasteiger partial charge in [0.05, 0.1) is 0 Å². The molecule has 0 radical (unpaired) electrons. The third-order valence-electron chi connectivity index (χ3n) is 3.31. The number of hydrogen-bond donors (Lipinski definition) is 2. The lowest BCUT2D eigenvalue weighted by molar-refractivity contribution is 0.0939. The first-order valence-corrected chi connectivity index (χ1v) is 7.64. The summed E-state index contributed by atoms with van der Waals surface area (Å²) in [5.41, 5.74) is 0.718. The van der Waals surface area contributed by atoms with Crippen LogP contribution in [0.1, 0.15) is 47.5 Å². The van der Waals surface area contributed by atoms with Crippen LogP contribution in [0.5, 0.6) is 0 Å². The normalized spacial score (nSPS) is 12.0. The van der Waals surface area contributed by atoms with Crippen molar-refractivity contribution in [2.75, 3.05) is 27.2 Å². The number of carbonyl (C=O) groups is 2. The van der Waals surface area contributed by atoms with Gasteiger partial charge in [0.1, 0.15) is 5.69 Å². The van der Waals surface area contributed by atoms with Crippen molar-refractivity contribution in [2.24, 2.45) is 0 Å². The van der Waals surface area contributed by atoms with Gasteiger partial charge in [0.2, 0.25) is 0 Å². The molecule has 0 aliphatic heterocycles. The highest BCUT2D eigenvalue weighted by molar-refractivity contribution is 5.98. The Hall–Kier alpha value is -1.95. The Morgan fingerprint density at radius 2 is 2.05 bits per heavy atom. The molecular formula is C16H26N4O2. The average molecular weight is 306 g/mol. The molecule has 0 aliphatic rings. The molecule has 122 valence electrons. The van der Waals surface area contributed by atoms with Gasteiger partial charge in [-0.3, -0.25) is 14.6 Å². The molecule has 0 saturated carbocycles. The topological polar surface area (TPSA) is 74.3 Å². The number of nitrogens with one attached hydrogen (secondary N) is 2. The molecule has 0 spiro atoms. The zero-order chi connectivity index (χ0) is 16.5. The minimum atomic E-state index is -0.253. The fourth-order valence-corrected chi connectivity index (χ4v) is 1.79. The van der Waals surface area contributed by atoms with Gasteiger partial charge >= 0.3 is 0 Å². The van der Waals surface area contributed by atoms with Crippen molar-refractivity contribution in [3.05, 3.63) is 29.6 Å².